The average molecular weight is 697 g/mol. The molecule has 0 saturated heterocycles. The van der Waals surface area contributed by atoms with Crippen LogP contribution in [0.25, 0.3) is 0 Å². The van der Waals surface area contributed by atoms with E-state index in [1.807, 2.05) is 12.2 Å². The van der Waals surface area contributed by atoms with Crippen LogP contribution in [0, 0.1) is 11.8 Å². The Morgan fingerprint density at radius 1 is 0.979 bits per heavy atom. The van der Waals surface area contributed by atoms with Crippen LogP contribution < -0.4 is 4.74 Å². The standard InChI is InChI=1S/C37H59F3O5Si2/c1-13-15-16-21-34(41)43-32-25-33(45-47(11,12)36(6,7)8)31(30(32)18-14-2)23-22-29(44-46(9,10)35(3,4)5)26-42-28-20-17-19-27(24-28)37(38,39)40/h13-14,17,19-20,22-24,29-33H,1-2,15-16,18,21,25-26H2,3-12H3/b23-22+/t29-,30-,31-,32+,33-/m1/s1. The molecule has 0 amide bonds. The van der Waals surface area contributed by atoms with Crippen molar-refractivity contribution in [2.45, 2.75) is 134 Å². The van der Waals surface area contributed by atoms with E-state index in [-0.39, 0.29) is 52.4 Å². The zero-order valence-electron chi connectivity index (χ0n) is 30.3. The highest BCUT2D eigenvalue weighted by Gasteiger charge is 2.49. The molecule has 0 spiro atoms. The number of alkyl halides is 3. The minimum atomic E-state index is -4.47. The first kappa shape index (κ1) is 41.0. The van der Waals surface area contributed by atoms with Crippen molar-refractivity contribution < 1.29 is 36.3 Å². The van der Waals surface area contributed by atoms with Gasteiger partial charge in [-0.25, -0.2) is 0 Å². The van der Waals surface area contributed by atoms with Gasteiger partial charge in [0, 0.05) is 24.7 Å². The van der Waals surface area contributed by atoms with E-state index in [0.29, 0.717) is 25.7 Å². The molecule has 1 aliphatic rings. The van der Waals surface area contributed by atoms with Gasteiger partial charge in [0.2, 0.25) is 0 Å². The minimum absolute atomic E-state index is 0.0264. The van der Waals surface area contributed by atoms with Crippen molar-refractivity contribution in [3.63, 3.8) is 0 Å². The van der Waals surface area contributed by atoms with Crippen molar-refractivity contribution in [1.82, 2.24) is 0 Å². The number of ether oxygens (including phenoxy) is 2. The summed E-state index contributed by atoms with van der Waals surface area (Å²) in [6, 6.07) is 4.91. The molecule has 5 nitrogen and oxygen atoms in total. The smallest absolute Gasteiger partial charge is 0.416 e. The Balaban J connectivity index is 2.48. The Hall–Kier alpha value is -2.15. The predicted octanol–water partition coefficient (Wildman–Crippen LogP) is 10.9. The fourth-order valence-corrected chi connectivity index (χ4v) is 7.79. The lowest BCUT2D eigenvalue weighted by atomic mass is 9.90. The Morgan fingerprint density at radius 2 is 1.62 bits per heavy atom. The fourth-order valence-electron chi connectivity index (χ4n) is 5.17. The molecular weight excluding hydrogens is 638 g/mol. The lowest BCUT2D eigenvalue weighted by Gasteiger charge is -2.40. The predicted molar refractivity (Wildman–Crippen MR) is 191 cm³/mol. The number of esters is 1. The van der Waals surface area contributed by atoms with Crippen LogP contribution >= 0.6 is 0 Å². The van der Waals surface area contributed by atoms with Gasteiger partial charge < -0.3 is 18.3 Å². The molecule has 0 bridgehead atoms. The number of carbonyl (C=O) groups is 1. The summed E-state index contributed by atoms with van der Waals surface area (Å²) in [5.74, 6) is -0.257. The first-order valence-electron chi connectivity index (χ1n) is 16.8. The Kier molecular flexibility index (Phi) is 14.4. The van der Waals surface area contributed by atoms with Crippen LogP contribution in [-0.2, 0) is 24.6 Å². The third-order valence-electron chi connectivity index (χ3n) is 10.0. The molecule has 5 atom stereocenters. The van der Waals surface area contributed by atoms with Gasteiger partial charge in [-0.2, -0.15) is 13.2 Å². The number of halogens is 3. The van der Waals surface area contributed by atoms with Gasteiger partial charge >= 0.3 is 12.1 Å². The number of allylic oxidation sites excluding steroid dienone is 2. The summed E-state index contributed by atoms with van der Waals surface area (Å²) in [6.07, 6.45) is 5.17. The third-order valence-corrected chi connectivity index (χ3v) is 19.0. The number of hydrogen-bond donors (Lipinski definition) is 0. The first-order chi connectivity index (χ1) is 21.5. The van der Waals surface area contributed by atoms with Crippen LogP contribution in [0.15, 0.2) is 61.7 Å². The molecule has 1 aliphatic carbocycles. The van der Waals surface area contributed by atoms with Crippen LogP contribution in [0.1, 0.15) is 79.2 Å². The zero-order chi connectivity index (χ0) is 35.8. The van der Waals surface area contributed by atoms with Gasteiger partial charge in [0.15, 0.2) is 16.6 Å². The Bertz CT molecular complexity index is 1210. The number of benzene rings is 1. The van der Waals surface area contributed by atoms with Gasteiger partial charge in [0.05, 0.1) is 17.8 Å². The largest absolute Gasteiger partial charge is 0.491 e. The zero-order valence-corrected chi connectivity index (χ0v) is 32.3. The van der Waals surface area contributed by atoms with Crippen LogP contribution in [0.4, 0.5) is 13.2 Å². The molecule has 266 valence electrons. The van der Waals surface area contributed by atoms with Crippen LogP contribution in [-0.4, -0.2) is 47.5 Å². The molecule has 0 aromatic heterocycles. The van der Waals surface area contributed by atoms with E-state index in [0.717, 1.165) is 18.6 Å². The molecule has 1 saturated carbocycles. The number of carbonyl (C=O) groups excluding carboxylic acids is 1. The van der Waals surface area contributed by atoms with E-state index in [2.05, 4.69) is 87.0 Å². The average Bonchev–Trinajstić information content (AvgIpc) is 3.23. The molecule has 2 rings (SSSR count). The minimum Gasteiger partial charge on any atom is -0.491 e. The van der Waals surface area contributed by atoms with Gasteiger partial charge in [-0.3, -0.25) is 4.79 Å². The number of unbranched alkanes of at least 4 members (excludes halogenated alkanes) is 1. The normalized spacial score (nSPS) is 21.9. The van der Waals surface area contributed by atoms with Gasteiger partial charge in [0.1, 0.15) is 18.5 Å². The van der Waals surface area contributed by atoms with E-state index < -0.39 is 34.5 Å². The molecule has 1 aromatic carbocycles. The molecule has 1 fully saturated rings. The van der Waals surface area contributed by atoms with Crippen LogP contribution in [0.2, 0.25) is 36.3 Å². The maximum Gasteiger partial charge on any atom is 0.416 e. The molecule has 1 aromatic rings. The molecule has 0 radical (unpaired) electrons. The highest BCUT2D eigenvalue weighted by molar-refractivity contribution is 6.74. The molecule has 47 heavy (non-hydrogen) atoms. The third kappa shape index (κ3) is 12.0. The van der Waals surface area contributed by atoms with Gasteiger partial charge in [-0.15, -0.1) is 13.2 Å². The summed E-state index contributed by atoms with van der Waals surface area (Å²) >= 11 is 0. The second kappa shape index (κ2) is 16.5. The van der Waals surface area contributed by atoms with Crippen molar-refractivity contribution in [3.05, 3.63) is 67.3 Å². The highest BCUT2D eigenvalue weighted by atomic mass is 28.4. The van der Waals surface area contributed by atoms with Crippen molar-refractivity contribution in [1.29, 1.82) is 0 Å². The molecule has 0 aliphatic heterocycles. The Labute approximate surface area is 284 Å². The summed E-state index contributed by atoms with van der Waals surface area (Å²) in [4.78, 5) is 12.9. The van der Waals surface area contributed by atoms with Crippen LogP contribution in [0.3, 0.4) is 0 Å². The maximum absolute atomic E-state index is 13.4. The van der Waals surface area contributed by atoms with Crippen molar-refractivity contribution in [2.75, 3.05) is 6.61 Å². The molecular formula is C37H59F3O5Si2. The fraction of sp³-hybridized carbons (Fsp3) is 0.649. The quantitative estimate of drug-likeness (QED) is 0.0745. The summed E-state index contributed by atoms with van der Waals surface area (Å²) in [6.45, 7) is 29.5. The van der Waals surface area contributed by atoms with E-state index in [1.165, 1.54) is 12.1 Å². The first-order valence-corrected chi connectivity index (χ1v) is 22.6. The van der Waals surface area contributed by atoms with E-state index in [4.69, 9.17) is 18.3 Å². The van der Waals surface area contributed by atoms with Gasteiger partial charge in [-0.1, -0.05) is 71.9 Å². The second-order valence-corrected chi connectivity index (χ2v) is 25.3. The second-order valence-electron chi connectivity index (χ2n) is 15.8. The van der Waals surface area contributed by atoms with Crippen molar-refractivity contribution in [2.24, 2.45) is 11.8 Å². The van der Waals surface area contributed by atoms with Crippen LogP contribution in [0.5, 0.6) is 5.75 Å². The summed E-state index contributed by atoms with van der Waals surface area (Å²) < 4.78 is 66.0. The summed E-state index contributed by atoms with van der Waals surface area (Å²) in [7, 11) is -4.53. The lowest BCUT2D eigenvalue weighted by molar-refractivity contribution is -0.151. The molecule has 0 N–H and O–H groups in total. The lowest BCUT2D eigenvalue weighted by Crippen LogP contribution is -2.45. The van der Waals surface area contributed by atoms with Crippen molar-refractivity contribution >= 4 is 22.6 Å². The topological polar surface area (TPSA) is 54.0 Å². The highest BCUT2D eigenvalue weighted by Crippen LogP contribution is 2.45. The molecule has 0 heterocycles. The van der Waals surface area contributed by atoms with Gasteiger partial charge in [0.25, 0.3) is 0 Å². The van der Waals surface area contributed by atoms with E-state index in [1.54, 1.807) is 6.08 Å². The monoisotopic (exact) mass is 696 g/mol. The number of hydrogen-bond acceptors (Lipinski definition) is 5. The van der Waals surface area contributed by atoms with Gasteiger partial charge in [-0.05, 0) is 73.7 Å². The number of rotatable bonds is 16. The summed E-state index contributed by atoms with van der Waals surface area (Å²) in [5, 5.41) is -0.131. The van der Waals surface area contributed by atoms with Crippen molar-refractivity contribution in [3.8, 4) is 5.75 Å². The molecule has 10 heteroatoms. The van der Waals surface area contributed by atoms with E-state index >= 15 is 0 Å². The maximum atomic E-state index is 13.4. The molecule has 0 unspecified atom stereocenters. The summed E-state index contributed by atoms with van der Waals surface area (Å²) in [5.41, 5.74) is -0.763. The van der Waals surface area contributed by atoms with E-state index in [9.17, 15) is 18.0 Å². The SMILES string of the molecule is C=CCCCC(=O)O[C@H]1C[C@@H](O[Si](C)(C)C(C)(C)C)[C@H](/C=C/[C@H](COc2cccc(C(F)(F)F)c2)O[Si](C)(C)C(C)(C)C)[C@H]1CC=C. The Morgan fingerprint density at radius 3 is 2.17 bits per heavy atom.